The standard InChI is InChI=1S/C12H15BrF2/c1-3-11(13)8(2)6-9-4-5-10(14)7-12(9)15/h4-5,7-8,11H,3,6H2,1-2H3. The van der Waals surface area contributed by atoms with Gasteiger partial charge in [-0.05, 0) is 30.4 Å². The van der Waals surface area contributed by atoms with Gasteiger partial charge < -0.3 is 0 Å². The lowest BCUT2D eigenvalue weighted by Gasteiger charge is -2.16. The molecule has 0 saturated carbocycles. The molecule has 2 unspecified atom stereocenters. The van der Waals surface area contributed by atoms with Gasteiger partial charge in [0.25, 0.3) is 0 Å². The number of halogens is 3. The Labute approximate surface area is 97.8 Å². The van der Waals surface area contributed by atoms with Crippen LogP contribution in [-0.4, -0.2) is 4.83 Å². The summed E-state index contributed by atoms with van der Waals surface area (Å²) in [5.41, 5.74) is 0.585. The van der Waals surface area contributed by atoms with Crippen LogP contribution in [0.2, 0.25) is 0 Å². The minimum atomic E-state index is -0.519. The Morgan fingerprint density at radius 1 is 1.33 bits per heavy atom. The third kappa shape index (κ3) is 3.56. The van der Waals surface area contributed by atoms with Gasteiger partial charge in [0, 0.05) is 10.9 Å². The second kappa shape index (κ2) is 5.59. The van der Waals surface area contributed by atoms with E-state index < -0.39 is 11.6 Å². The molecule has 0 aliphatic carbocycles. The van der Waals surface area contributed by atoms with E-state index in [2.05, 4.69) is 29.8 Å². The highest BCUT2D eigenvalue weighted by molar-refractivity contribution is 9.09. The van der Waals surface area contributed by atoms with E-state index in [0.717, 1.165) is 12.5 Å². The lowest BCUT2D eigenvalue weighted by Crippen LogP contribution is -2.13. The number of benzene rings is 1. The smallest absolute Gasteiger partial charge is 0.129 e. The second-order valence-electron chi connectivity index (χ2n) is 3.84. The Bertz CT molecular complexity index is 325. The van der Waals surface area contributed by atoms with Crippen LogP contribution in [0.25, 0.3) is 0 Å². The van der Waals surface area contributed by atoms with Gasteiger partial charge >= 0.3 is 0 Å². The van der Waals surface area contributed by atoms with Crippen molar-refractivity contribution in [1.29, 1.82) is 0 Å². The van der Waals surface area contributed by atoms with E-state index in [1.165, 1.54) is 12.1 Å². The predicted molar refractivity (Wildman–Crippen MR) is 62.2 cm³/mol. The first-order valence-corrected chi connectivity index (χ1v) is 6.04. The van der Waals surface area contributed by atoms with Crippen LogP contribution in [0.1, 0.15) is 25.8 Å². The fourth-order valence-corrected chi connectivity index (χ4v) is 1.75. The molecular formula is C12H15BrF2. The van der Waals surface area contributed by atoms with Crippen LogP contribution in [0.4, 0.5) is 8.78 Å². The lowest BCUT2D eigenvalue weighted by atomic mass is 9.96. The number of rotatable bonds is 4. The maximum Gasteiger partial charge on any atom is 0.129 e. The third-order valence-electron chi connectivity index (χ3n) is 2.56. The molecule has 0 fully saturated rings. The minimum Gasteiger partial charge on any atom is -0.207 e. The second-order valence-corrected chi connectivity index (χ2v) is 5.02. The van der Waals surface area contributed by atoms with Gasteiger partial charge in [0.1, 0.15) is 11.6 Å². The average Bonchev–Trinajstić information content (AvgIpc) is 2.20. The summed E-state index contributed by atoms with van der Waals surface area (Å²) in [5, 5.41) is 0. The predicted octanol–water partition coefficient (Wildman–Crippen LogP) is 4.32. The molecule has 0 aliphatic rings. The molecule has 0 N–H and O–H groups in total. The van der Waals surface area contributed by atoms with Crippen molar-refractivity contribution in [2.75, 3.05) is 0 Å². The zero-order valence-corrected chi connectivity index (χ0v) is 10.5. The molecule has 0 aromatic heterocycles. The van der Waals surface area contributed by atoms with Gasteiger partial charge in [0.15, 0.2) is 0 Å². The van der Waals surface area contributed by atoms with E-state index in [1.807, 2.05) is 0 Å². The molecule has 15 heavy (non-hydrogen) atoms. The molecule has 2 atom stereocenters. The molecule has 0 radical (unpaired) electrons. The number of hydrogen-bond acceptors (Lipinski definition) is 0. The first-order valence-electron chi connectivity index (χ1n) is 5.12. The molecule has 1 aromatic rings. The molecule has 0 heterocycles. The van der Waals surface area contributed by atoms with Gasteiger partial charge in [-0.1, -0.05) is 35.8 Å². The molecule has 0 aliphatic heterocycles. The van der Waals surface area contributed by atoms with Gasteiger partial charge in [0.2, 0.25) is 0 Å². The van der Waals surface area contributed by atoms with Crippen LogP contribution < -0.4 is 0 Å². The Morgan fingerprint density at radius 3 is 2.53 bits per heavy atom. The Hall–Kier alpha value is -0.440. The zero-order valence-electron chi connectivity index (χ0n) is 8.93. The summed E-state index contributed by atoms with van der Waals surface area (Å²) >= 11 is 3.54. The zero-order chi connectivity index (χ0) is 11.4. The fraction of sp³-hybridized carbons (Fsp3) is 0.500. The quantitative estimate of drug-likeness (QED) is 0.719. The molecule has 0 spiro atoms. The Balaban J connectivity index is 2.72. The fourth-order valence-electron chi connectivity index (χ4n) is 1.56. The van der Waals surface area contributed by atoms with Crippen molar-refractivity contribution in [3.63, 3.8) is 0 Å². The summed E-state index contributed by atoms with van der Waals surface area (Å²) in [5.74, 6) is -0.623. The van der Waals surface area contributed by atoms with Gasteiger partial charge in [-0.15, -0.1) is 0 Å². The van der Waals surface area contributed by atoms with E-state index in [-0.39, 0.29) is 0 Å². The van der Waals surface area contributed by atoms with Crippen molar-refractivity contribution in [2.45, 2.75) is 31.5 Å². The van der Waals surface area contributed by atoms with Crippen LogP contribution in [-0.2, 0) is 6.42 Å². The van der Waals surface area contributed by atoms with Crippen molar-refractivity contribution in [2.24, 2.45) is 5.92 Å². The van der Waals surface area contributed by atoms with Crippen LogP contribution in [0.5, 0.6) is 0 Å². The summed E-state index contributed by atoms with van der Waals surface area (Å²) < 4.78 is 26.0. The van der Waals surface area contributed by atoms with Crippen molar-refractivity contribution in [3.8, 4) is 0 Å². The normalized spacial score (nSPS) is 15.0. The van der Waals surface area contributed by atoms with Gasteiger partial charge in [0.05, 0.1) is 0 Å². The van der Waals surface area contributed by atoms with Crippen LogP contribution in [0.15, 0.2) is 18.2 Å². The summed E-state index contributed by atoms with van der Waals surface area (Å²) in [6, 6.07) is 3.77. The summed E-state index contributed by atoms with van der Waals surface area (Å²) in [7, 11) is 0. The molecule has 0 nitrogen and oxygen atoms in total. The molecule has 0 amide bonds. The number of alkyl halides is 1. The van der Waals surface area contributed by atoms with Crippen LogP contribution in [0.3, 0.4) is 0 Å². The maximum absolute atomic E-state index is 13.3. The molecule has 1 aromatic carbocycles. The largest absolute Gasteiger partial charge is 0.207 e. The first-order chi connectivity index (χ1) is 7.04. The molecule has 0 saturated heterocycles. The van der Waals surface area contributed by atoms with Crippen molar-refractivity contribution >= 4 is 15.9 Å². The highest BCUT2D eigenvalue weighted by atomic mass is 79.9. The minimum absolute atomic E-state index is 0.343. The summed E-state index contributed by atoms with van der Waals surface area (Å²) in [6.45, 7) is 4.14. The van der Waals surface area contributed by atoms with Crippen LogP contribution >= 0.6 is 15.9 Å². The summed E-state index contributed by atoms with van der Waals surface area (Å²) in [4.78, 5) is 0.377. The van der Waals surface area contributed by atoms with Gasteiger partial charge in [-0.2, -0.15) is 0 Å². The average molecular weight is 277 g/mol. The van der Waals surface area contributed by atoms with E-state index in [0.29, 0.717) is 22.7 Å². The number of hydrogen-bond donors (Lipinski definition) is 0. The van der Waals surface area contributed by atoms with Crippen molar-refractivity contribution in [1.82, 2.24) is 0 Å². The van der Waals surface area contributed by atoms with Gasteiger partial charge in [-0.25, -0.2) is 8.78 Å². The molecular weight excluding hydrogens is 262 g/mol. The highest BCUT2D eigenvalue weighted by Gasteiger charge is 2.14. The molecule has 1 rings (SSSR count). The SMILES string of the molecule is CCC(Br)C(C)Cc1ccc(F)cc1F. The molecule has 3 heteroatoms. The van der Waals surface area contributed by atoms with E-state index in [4.69, 9.17) is 0 Å². The lowest BCUT2D eigenvalue weighted by molar-refractivity contribution is 0.515. The van der Waals surface area contributed by atoms with Crippen molar-refractivity contribution < 1.29 is 8.78 Å². The molecule has 84 valence electrons. The maximum atomic E-state index is 13.3. The Kier molecular flexibility index (Phi) is 4.71. The van der Waals surface area contributed by atoms with Crippen molar-refractivity contribution in [3.05, 3.63) is 35.4 Å². The van der Waals surface area contributed by atoms with Gasteiger partial charge in [-0.3, -0.25) is 0 Å². The molecule has 0 bridgehead atoms. The topological polar surface area (TPSA) is 0 Å². The van der Waals surface area contributed by atoms with Crippen LogP contribution in [0, 0.1) is 17.6 Å². The van der Waals surface area contributed by atoms with E-state index in [1.54, 1.807) is 0 Å². The highest BCUT2D eigenvalue weighted by Crippen LogP contribution is 2.22. The first kappa shape index (κ1) is 12.6. The summed E-state index contributed by atoms with van der Waals surface area (Å²) in [6.07, 6.45) is 1.64. The third-order valence-corrected chi connectivity index (χ3v) is 4.11. The van der Waals surface area contributed by atoms with E-state index >= 15 is 0 Å². The Morgan fingerprint density at radius 2 is 2.00 bits per heavy atom. The van der Waals surface area contributed by atoms with E-state index in [9.17, 15) is 8.78 Å². The monoisotopic (exact) mass is 276 g/mol.